The molecule has 0 saturated carbocycles. The first-order valence-electron chi connectivity index (χ1n) is 7.30. The zero-order chi connectivity index (χ0) is 15.7. The summed E-state index contributed by atoms with van der Waals surface area (Å²) in [5, 5.41) is 24.5. The molecule has 5 nitrogen and oxygen atoms in total. The van der Waals surface area contributed by atoms with Crippen LogP contribution >= 0.6 is 0 Å². The van der Waals surface area contributed by atoms with Gasteiger partial charge in [-0.2, -0.15) is 5.26 Å². The monoisotopic (exact) mass is 289 g/mol. The highest BCUT2D eigenvalue weighted by Crippen LogP contribution is 2.18. The van der Waals surface area contributed by atoms with Crippen LogP contribution in [0.4, 0.5) is 10.5 Å². The van der Waals surface area contributed by atoms with Gasteiger partial charge in [-0.25, -0.2) is 4.79 Å². The molecular formula is C16H23N3O2. The SMILES string of the molecule is CCCC(O)(CCC)CNC(=O)Nc1ccc(C#N)cc1. The molecule has 0 saturated heterocycles. The zero-order valence-corrected chi connectivity index (χ0v) is 12.6. The maximum atomic E-state index is 11.8. The van der Waals surface area contributed by atoms with Gasteiger partial charge in [-0.1, -0.05) is 26.7 Å². The third-order valence-corrected chi connectivity index (χ3v) is 3.28. The lowest BCUT2D eigenvalue weighted by atomic mass is 9.93. The molecule has 2 amide bonds. The lowest BCUT2D eigenvalue weighted by molar-refractivity contribution is 0.0245. The lowest BCUT2D eigenvalue weighted by Gasteiger charge is -2.27. The highest BCUT2D eigenvalue weighted by molar-refractivity contribution is 5.89. The van der Waals surface area contributed by atoms with Crippen LogP contribution in [-0.2, 0) is 0 Å². The fourth-order valence-electron chi connectivity index (χ4n) is 2.28. The molecule has 0 unspecified atom stereocenters. The van der Waals surface area contributed by atoms with E-state index in [2.05, 4.69) is 10.6 Å². The molecule has 114 valence electrons. The first kappa shape index (κ1) is 17.0. The van der Waals surface area contributed by atoms with E-state index in [4.69, 9.17) is 5.26 Å². The van der Waals surface area contributed by atoms with E-state index in [0.29, 0.717) is 24.1 Å². The van der Waals surface area contributed by atoms with Gasteiger partial charge in [-0.05, 0) is 37.1 Å². The normalized spacial score (nSPS) is 10.8. The second-order valence-corrected chi connectivity index (χ2v) is 5.22. The maximum absolute atomic E-state index is 11.8. The molecule has 5 heteroatoms. The van der Waals surface area contributed by atoms with Crippen molar-refractivity contribution in [3.05, 3.63) is 29.8 Å². The van der Waals surface area contributed by atoms with E-state index in [9.17, 15) is 9.90 Å². The second-order valence-electron chi connectivity index (χ2n) is 5.22. The van der Waals surface area contributed by atoms with E-state index in [1.165, 1.54) is 0 Å². The Hall–Kier alpha value is -2.06. The first-order chi connectivity index (χ1) is 10.0. The molecule has 21 heavy (non-hydrogen) atoms. The predicted molar refractivity (Wildman–Crippen MR) is 82.9 cm³/mol. The number of hydrogen-bond donors (Lipinski definition) is 3. The fourth-order valence-corrected chi connectivity index (χ4v) is 2.28. The summed E-state index contributed by atoms with van der Waals surface area (Å²) in [5.74, 6) is 0. The van der Waals surface area contributed by atoms with E-state index in [1.807, 2.05) is 19.9 Å². The minimum absolute atomic E-state index is 0.233. The van der Waals surface area contributed by atoms with Crippen LogP contribution in [0.25, 0.3) is 0 Å². The van der Waals surface area contributed by atoms with Crippen LogP contribution in [-0.4, -0.2) is 23.3 Å². The number of urea groups is 1. The summed E-state index contributed by atoms with van der Waals surface area (Å²) in [7, 11) is 0. The number of hydrogen-bond acceptors (Lipinski definition) is 3. The Balaban J connectivity index is 2.50. The zero-order valence-electron chi connectivity index (χ0n) is 12.6. The largest absolute Gasteiger partial charge is 0.388 e. The van der Waals surface area contributed by atoms with Crippen LogP contribution in [0.5, 0.6) is 0 Å². The van der Waals surface area contributed by atoms with Gasteiger partial charge in [-0.3, -0.25) is 0 Å². The molecule has 3 N–H and O–H groups in total. The van der Waals surface area contributed by atoms with Crippen LogP contribution < -0.4 is 10.6 Å². The van der Waals surface area contributed by atoms with Crippen LogP contribution in [0.3, 0.4) is 0 Å². The van der Waals surface area contributed by atoms with Gasteiger partial charge in [-0.15, -0.1) is 0 Å². The number of nitrogens with zero attached hydrogens (tertiary/aromatic N) is 1. The van der Waals surface area contributed by atoms with Gasteiger partial charge < -0.3 is 15.7 Å². The van der Waals surface area contributed by atoms with E-state index in [0.717, 1.165) is 12.8 Å². The Kier molecular flexibility index (Phi) is 6.70. The molecule has 0 aliphatic heterocycles. The van der Waals surface area contributed by atoms with Gasteiger partial charge in [0.15, 0.2) is 0 Å². The quantitative estimate of drug-likeness (QED) is 0.721. The Bertz CT molecular complexity index is 485. The Morgan fingerprint density at radius 2 is 1.81 bits per heavy atom. The molecule has 1 aromatic rings. The third kappa shape index (κ3) is 5.84. The molecule has 0 fully saturated rings. The maximum Gasteiger partial charge on any atom is 0.319 e. The minimum Gasteiger partial charge on any atom is -0.388 e. The summed E-state index contributed by atoms with van der Waals surface area (Å²) in [6.07, 6.45) is 3.07. The van der Waals surface area contributed by atoms with Crippen molar-refractivity contribution in [2.45, 2.75) is 45.1 Å². The number of carbonyl (C=O) groups excluding carboxylic acids is 1. The molecule has 0 atom stereocenters. The van der Waals surface area contributed by atoms with E-state index in [-0.39, 0.29) is 12.6 Å². The molecule has 0 aromatic heterocycles. The van der Waals surface area contributed by atoms with E-state index in [1.54, 1.807) is 24.3 Å². The summed E-state index contributed by atoms with van der Waals surface area (Å²) >= 11 is 0. The van der Waals surface area contributed by atoms with Crippen molar-refractivity contribution in [3.63, 3.8) is 0 Å². The van der Waals surface area contributed by atoms with Crippen molar-refractivity contribution in [3.8, 4) is 6.07 Å². The van der Waals surface area contributed by atoms with Crippen molar-refractivity contribution < 1.29 is 9.90 Å². The van der Waals surface area contributed by atoms with Gasteiger partial charge in [0.1, 0.15) is 0 Å². The molecule has 1 rings (SSSR count). The molecule has 0 spiro atoms. The van der Waals surface area contributed by atoms with E-state index < -0.39 is 5.60 Å². The average Bonchev–Trinajstić information content (AvgIpc) is 2.47. The molecule has 1 aromatic carbocycles. The van der Waals surface area contributed by atoms with Crippen molar-refractivity contribution in [2.24, 2.45) is 0 Å². The smallest absolute Gasteiger partial charge is 0.319 e. The number of aliphatic hydroxyl groups is 1. The first-order valence-corrected chi connectivity index (χ1v) is 7.30. The van der Waals surface area contributed by atoms with Crippen LogP contribution in [0.2, 0.25) is 0 Å². The van der Waals surface area contributed by atoms with Crippen LogP contribution in [0, 0.1) is 11.3 Å². The van der Waals surface area contributed by atoms with Crippen molar-refractivity contribution in [1.29, 1.82) is 5.26 Å². The van der Waals surface area contributed by atoms with Gasteiger partial charge in [0.2, 0.25) is 0 Å². The topological polar surface area (TPSA) is 85.2 Å². The number of nitrogens with one attached hydrogen (secondary N) is 2. The van der Waals surface area contributed by atoms with Crippen LogP contribution in [0.1, 0.15) is 45.1 Å². The minimum atomic E-state index is -0.842. The fraction of sp³-hybridized carbons (Fsp3) is 0.500. The second kappa shape index (κ2) is 8.28. The number of amides is 2. The Morgan fingerprint density at radius 3 is 2.29 bits per heavy atom. The molecule has 0 aliphatic carbocycles. The molecule has 0 aliphatic rings. The van der Waals surface area contributed by atoms with E-state index >= 15 is 0 Å². The third-order valence-electron chi connectivity index (χ3n) is 3.28. The average molecular weight is 289 g/mol. The molecule has 0 heterocycles. The number of benzene rings is 1. The summed E-state index contributed by atoms with van der Waals surface area (Å²) in [6.45, 7) is 4.26. The molecule has 0 bridgehead atoms. The summed E-state index contributed by atoms with van der Waals surface area (Å²) < 4.78 is 0. The molecular weight excluding hydrogens is 266 g/mol. The summed E-state index contributed by atoms with van der Waals surface area (Å²) in [6, 6.07) is 8.28. The number of nitriles is 1. The van der Waals surface area contributed by atoms with Crippen molar-refractivity contribution >= 4 is 11.7 Å². The Morgan fingerprint density at radius 1 is 1.24 bits per heavy atom. The van der Waals surface area contributed by atoms with Gasteiger partial charge in [0.25, 0.3) is 0 Å². The molecule has 0 radical (unpaired) electrons. The highest BCUT2D eigenvalue weighted by atomic mass is 16.3. The number of carbonyl (C=O) groups is 1. The van der Waals surface area contributed by atoms with Gasteiger partial charge >= 0.3 is 6.03 Å². The van der Waals surface area contributed by atoms with Crippen molar-refractivity contribution in [2.75, 3.05) is 11.9 Å². The predicted octanol–water partition coefficient (Wildman–Crippen LogP) is 3.01. The Labute approximate surface area is 126 Å². The number of anilines is 1. The lowest BCUT2D eigenvalue weighted by Crippen LogP contribution is -2.44. The van der Waals surface area contributed by atoms with Crippen LogP contribution in [0.15, 0.2) is 24.3 Å². The number of rotatable bonds is 7. The van der Waals surface area contributed by atoms with Gasteiger partial charge in [0.05, 0.1) is 17.2 Å². The highest BCUT2D eigenvalue weighted by Gasteiger charge is 2.25. The summed E-state index contributed by atoms with van der Waals surface area (Å²) in [4.78, 5) is 11.8. The van der Waals surface area contributed by atoms with Gasteiger partial charge in [0, 0.05) is 12.2 Å². The van der Waals surface area contributed by atoms with Crippen molar-refractivity contribution in [1.82, 2.24) is 5.32 Å². The standard InChI is InChI=1S/C16H23N3O2/c1-3-9-16(21,10-4-2)12-18-15(20)19-14-7-5-13(11-17)6-8-14/h5-8,21H,3-4,9-10,12H2,1-2H3,(H2,18,19,20). The summed E-state index contributed by atoms with van der Waals surface area (Å²) in [5.41, 5.74) is 0.313.